The monoisotopic (exact) mass is 359 g/mol. The molecule has 0 aliphatic rings. The highest BCUT2D eigenvalue weighted by molar-refractivity contribution is 7.15. The van der Waals surface area contributed by atoms with E-state index in [1.807, 2.05) is 5.38 Å². The average molecular weight is 360 g/mol. The molecule has 0 saturated carbocycles. The number of thiophene rings is 1. The summed E-state index contributed by atoms with van der Waals surface area (Å²) in [6.07, 6.45) is 0.721. The van der Waals surface area contributed by atoms with E-state index in [2.05, 4.69) is 0 Å². The molecule has 0 fully saturated rings. The van der Waals surface area contributed by atoms with Crippen molar-refractivity contribution in [1.29, 1.82) is 0 Å². The van der Waals surface area contributed by atoms with Crippen LogP contribution in [0.25, 0.3) is 0 Å². The third kappa shape index (κ3) is 4.21. The second kappa shape index (κ2) is 8.50. The Morgan fingerprint density at radius 2 is 2.14 bits per heavy atom. The van der Waals surface area contributed by atoms with Crippen molar-refractivity contribution in [2.45, 2.75) is 6.61 Å². The summed E-state index contributed by atoms with van der Waals surface area (Å²) in [5.74, 6) is 0. The fraction of sp³-hybridized carbons (Fsp3) is 0.267. The van der Waals surface area contributed by atoms with Gasteiger partial charge in [0.25, 0.3) is 0 Å². The highest BCUT2D eigenvalue weighted by atomic mass is 35.5. The molecule has 0 radical (unpaired) electrons. The Labute approximate surface area is 143 Å². The second-order valence-electron chi connectivity index (χ2n) is 4.38. The van der Waals surface area contributed by atoms with Crippen molar-refractivity contribution in [3.63, 3.8) is 0 Å². The number of carbonyl (C=O) groups excluding carboxylic acids is 1. The van der Waals surface area contributed by atoms with Gasteiger partial charge in [0.05, 0.1) is 30.5 Å². The average Bonchev–Trinajstić information content (AvgIpc) is 2.86. The number of hydrogen-bond donors (Lipinski definition) is 0. The molecular weight excluding hydrogens is 345 g/mol. The largest absolute Gasteiger partial charge is 0.382 e. The number of methoxy groups -OCH3 is 1. The topological polar surface area (TPSA) is 38.8 Å². The van der Waals surface area contributed by atoms with Crippen LogP contribution in [0.15, 0.2) is 29.6 Å². The van der Waals surface area contributed by atoms with Gasteiger partial charge in [-0.2, -0.15) is 0 Å². The molecule has 0 bridgehead atoms. The normalized spacial score (nSPS) is 10.7. The molecular formula is C15H15Cl2NO3S. The minimum absolute atomic E-state index is 0.376. The van der Waals surface area contributed by atoms with Gasteiger partial charge < -0.3 is 9.47 Å². The van der Waals surface area contributed by atoms with Gasteiger partial charge in [-0.15, -0.1) is 11.3 Å². The standard InChI is InChI=1S/C15H15Cl2NO3S/c1-20-5-6-21-8-11-9-22-15(14(11)17)18(10-19)13-4-2-3-12(16)7-13/h2-4,7,9-10H,5-6,8H2,1H3. The number of nitrogens with zero attached hydrogens (tertiary/aromatic N) is 1. The quantitative estimate of drug-likeness (QED) is 0.514. The van der Waals surface area contributed by atoms with Crippen molar-refractivity contribution in [2.75, 3.05) is 25.2 Å². The summed E-state index contributed by atoms with van der Waals surface area (Å²) in [4.78, 5) is 12.9. The van der Waals surface area contributed by atoms with Crippen molar-refractivity contribution in [1.82, 2.24) is 0 Å². The van der Waals surface area contributed by atoms with Gasteiger partial charge in [0.1, 0.15) is 5.00 Å². The van der Waals surface area contributed by atoms with E-state index in [0.29, 0.717) is 40.6 Å². The number of halogens is 2. The zero-order valence-electron chi connectivity index (χ0n) is 11.9. The van der Waals surface area contributed by atoms with Crippen LogP contribution in [0.1, 0.15) is 5.56 Å². The van der Waals surface area contributed by atoms with Crippen LogP contribution in [0.3, 0.4) is 0 Å². The fourth-order valence-electron chi connectivity index (χ4n) is 1.80. The zero-order chi connectivity index (χ0) is 15.9. The first kappa shape index (κ1) is 17.2. The summed E-state index contributed by atoms with van der Waals surface area (Å²) in [6.45, 7) is 1.39. The SMILES string of the molecule is COCCOCc1csc(N(C=O)c2cccc(Cl)c2)c1Cl. The Kier molecular flexibility index (Phi) is 6.67. The molecule has 7 heteroatoms. The van der Waals surface area contributed by atoms with Crippen LogP contribution in [-0.2, 0) is 20.9 Å². The van der Waals surface area contributed by atoms with Crippen molar-refractivity contribution in [2.24, 2.45) is 0 Å². The maximum absolute atomic E-state index is 11.5. The zero-order valence-corrected chi connectivity index (χ0v) is 14.2. The van der Waals surface area contributed by atoms with Gasteiger partial charge in [-0.3, -0.25) is 9.69 Å². The van der Waals surface area contributed by atoms with Crippen molar-refractivity contribution in [3.05, 3.63) is 45.3 Å². The lowest BCUT2D eigenvalue weighted by molar-refractivity contribution is -0.106. The Bertz CT molecular complexity index is 633. The number of hydrogen-bond acceptors (Lipinski definition) is 4. The minimum atomic E-state index is 0.376. The third-order valence-electron chi connectivity index (χ3n) is 2.88. The lowest BCUT2D eigenvalue weighted by atomic mass is 10.3. The molecule has 0 spiro atoms. The van der Waals surface area contributed by atoms with E-state index in [1.54, 1.807) is 31.4 Å². The summed E-state index contributed by atoms with van der Waals surface area (Å²) in [7, 11) is 1.62. The van der Waals surface area contributed by atoms with Gasteiger partial charge in [-0.05, 0) is 23.6 Å². The molecule has 4 nitrogen and oxygen atoms in total. The van der Waals surface area contributed by atoms with E-state index in [4.69, 9.17) is 32.7 Å². The highest BCUT2D eigenvalue weighted by Gasteiger charge is 2.17. The van der Waals surface area contributed by atoms with Crippen LogP contribution in [0, 0.1) is 0 Å². The summed E-state index contributed by atoms with van der Waals surface area (Å²) >= 11 is 13.7. The maximum atomic E-state index is 11.5. The van der Waals surface area contributed by atoms with Gasteiger partial charge >= 0.3 is 0 Å². The lowest BCUT2D eigenvalue weighted by Crippen LogP contribution is -2.13. The molecule has 1 heterocycles. The van der Waals surface area contributed by atoms with Crippen LogP contribution >= 0.6 is 34.5 Å². The molecule has 1 aromatic heterocycles. The first-order chi connectivity index (χ1) is 10.7. The molecule has 1 aromatic carbocycles. The van der Waals surface area contributed by atoms with Gasteiger partial charge in [-0.1, -0.05) is 29.3 Å². The Balaban J connectivity index is 2.17. The molecule has 1 amide bonds. The van der Waals surface area contributed by atoms with Gasteiger partial charge in [0.15, 0.2) is 0 Å². The Morgan fingerprint density at radius 3 is 2.82 bits per heavy atom. The summed E-state index contributed by atoms with van der Waals surface area (Å²) < 4.78 is 10.4. The Hall–Kier alpha value is -1.11. The summed E-state index contributed by atoms with van der Waals surface area (Å²) in [5.41, 5.74) is 1.50. The van der Waals surface area contributed by atoms with Gasteiger partial charge in [-0.25, -0.2) is 0 Å². The number of benzene rings is 1. The van der Waals surface area contributed by atoms with Crippen molar-refractivity contribution >= 4 is 51.6 Å². The maximum Gasteiger partial charge on any atom is 0.219 e. The number of anilines is 2. The van der Waals surface area contributed by atoms with E-state index in [0.717, 1.165) is 12.0 Å². The summed E-state index contributed by atoms with van der Waals surface area (Å²) in [6, 6.07) is 7.04. The minimum Gasteiger partial charge on any atom is -0.382 e. The summed E-state index contributed by atoms with van der Waals surface area (Å²) in [5, 5.41) is 3.59. The van der Waals surface area contributed by atoms with Crippen LogP contribution < -0.4 is 4.90 Å². The molecule has 0 saturated heterocycles. The first-order valence-corrected chi connectivity index (χ1v) is 8.13. The van der Waals surface area contributed by atoms with E-state index in [1.165, 1.54) is 16.2 Å². The fourth-order valence-corrected chi connectivity index (χ4v) is 3.32. The molecule has 22 heavy (non-hydrogen) atoms. The molecule has 0 N–H and O–H groups in total. The van der Waals surface area contributed by atoms with Crippen LogP contribution in [-0.4, -0.2) is 26.7 Å². The third-order valence-corrected chi connectivity index (χ3v) is 4.68. The molecule has 2 aromatic rings. The number of carbonyl (C=O) groups is 1. The van der Waals surface area contributed by atoms with Gasteiger partial charge in [0, 0.05) is 17.7 Å². The molecule has 0 aliphatic heterocycles. The highest BCUT2D eigenvalue weighted by Crippen LogP contribution is 2.39. The number of amides is 1. The molecule has 0 aliphatic carbocycles. The smallest absolute Gasteiger partial charge is 0.219 e. The van der Waals surface area contributed by atoms with E-state index in [9.17, 15) is 4.79 Å². The molecule has 0 atom stereocenters. The van der Waals surface area contributed by atoms with E-state index < -0.39 is 0 Å². The van der Waals surface area contributed by atoms with Crippen LogP contribution in [0.4, 0.5) is 10.7 Å². The molecule has 2 rings (SSSR count). The predicted molar refractivity (Wildman–Crippen MR) is 90.5 cm³/mol. The number of rotatable bonds is 8. The van der Waals surface area contributed by atoms with Crippen LogP contribution in [0.2, 0.25) is 10.0 Å². The van der Waals surface area contributed by atoms with Crippen molar-refractivity contribution < 1.29 is 14.3 Å². The second-order valence-corrected chi connectivity index (χ2v) is 6.05. The van der Waals surface area contributed by atoms with Crippen LogP contribution in [0.5, 0.6) is 0 Å². The number of ether oxygens (including phenoxy) is 2. The van der Waals surface area contributed by atoms with Crippen molar-refractivity contribution in [3.8, 4) is 0 Å². The molecule has 0 unspecified atom stereocenters. The van der Waals surface area contributed by atoms with E-state index in [-0.39, 0.29) is 0 Å². The Morgan fingerprint density at radius 1 is 1.32 bits per heavy atom. The molecule has 118 valence electrons. The lowest BCUT2D eigenvalue weighted by Gasteiger charge is -2.16. The first-order valence-electron chi connectivity index (χ1n) is 6.50. The van der Waals surface area contributed by atoms with Gasteiger partial charge in [0.2, 0.25) is 6.41 Å². The predicted octanol–water partition coefficient (Wildman–Crippen LogP) is 4.51. The van der Waals surface area contributed by atoms with E-state index >= 15 is 0 Å².